The highest BCUT2D eigenvalue weighted by Gasteiger charge is 2.13. The molecule has 0 amide bonds. The van der Waals surface area contributed by atoms with Crippen molar-refractivity contribution in [2.24, 2.45) is 5.73 Å². The second kappa shape index (κ2) is 5.27. The molecule has 0 unspecified atom stereocenters. The third kappa shape index (κ3) is 3.60. The Balaban J connectivity index is 0.00000169. The Bertz CT molecular complexity index is 264. The Hall–Kier alpha value is -0.670. The number of hydrogen-bond acceptors (Lipinski definition) is 3. The van der Waals surface area contributed by atoms with Gasteiger partial charge in [-0.25, -0.2) is 9.97 Å². The maximum Gasteiger partial charge on any atom is 0.129 e. The van der Waals surface area contributed by atoms with Gasteiger partial charge in [0.25, 0.3) is 0 Å². The van der Waals surface area contributed by atoms with Gasteiger partial charge < -0.3 is 5.73 Å². The first-order valence-electron chi connectivity index (χ1n) is 4.55. The van der Waals surface area contributed by atoms with Gasteiger partial charge in [-0.15, -0.1) is 12.4 Å². The summed E-state index contributed by atoms with van der Waals surface area (Å²) in [6.45, 7) is 7.05. The van der Waals surface area contributed by atoms with Crippen molar-refractivity contribution in [1.29, 1.82) is 0 Å². The standard InChI is InChI=1S/C10H17N3.ClH/c1-10(2,3)8-6-12-9(4-5-11)13-7-8;/h6-7H,4-5,11H2,1-3H3;1H. The van der Waals surface area contributed by atoms with Crippen LogP contribution in [-0.4, -0.2) is 16.5 Å². The van der Waals surface area contributed by atoms with E-state index in [2.05, 4.69) is 30.7 Å². The van der Waals surface area contributed by atoms with Crippen LogP contribution in [0.1, 0.15) is 32.2 Å². The summed E-state index contributed by atoms with van der Waals surface area (Å²) in [5.74, 6) is 0.829. The predicted octanol–water partition coefficient (Wildman–Crippen LogP) is 1.70. The largest absolute Gasteiger partial charge is 0.330 e. The summed E-state index contributed by atoms with van der Waals surface area (Å²) in [6.07, 6.45) is 4.53. The molecule has 0 radical (unpaired) electrons. The van der Waals surface area contributed by atoms with Crippen molar-refractivity contribution in [3.05, 3.63) is 23.8 Å². The second-order valence-electron chi connectivity index (χ2n) is 4.18. The Kier molecular flexibility index (Phi) is 5.02. The van der Waals surface area contributed by atoms with E-state index < -0.39 is 0 Å². The Morgan fingerprint density at radius 2 is 1.71 bits per heavy atom. The molecule has 1 aromatic rings. The number of nitrogens with two attached hydrogens (primary N) is 1. The highest BCUT2D eigenvalue weighted by atomic mass is 35.5. The summed E-state index contributed by atoms with van der Waals surface area (Å²) in [6, 6.07) is 0. The maximum absolute atomic E-state index is 5.40. The minimum Gasteiger partial charge on any atom is -0.330 e. The summed E-state index contributed by atoms with van der Waals surface area (Å²) in [4.78, 5) is 8.49. The minimum atomic E-state index is 0. The number of halogens is 1. The average molecular weight is 216 g/mol. The number of hydrogen-bond donors (Lipinski definition) is 1. The summed E-state index contributed by atoms with van der Waals surface area (Å²) >= 11 is 0. The molecule has 0 saturated carbocycles. The van der Waals surface area contributed by atoms with Crippen LogP contribution in [0.25, 0.3) is 0 Å². The summed E-state index contributed by atoms with van der Waals surface area (Å²) < 4.78 is 0. The van der Waals surface area contributed by atoms with E-state index in [4.69, 9.17) is 5.73 Å². The molecule has 0 atom stereocenters. The molecule has 80 valence electrons. The molecule has 4 heteroatoms. The quantitative estimate of drug-likeness (QED) is 0.817. The zero-order valence-electron chi connectivity index (χ0n) is 8.95. The van der Waals surface area contributed by atoms with Crippen LogP contribution >= 0.6 is 12.4 Å². The first-order valence-corrected chi connectivity index (χ1v) is 4.55. The molecule has 2 N–H and O–H groups in total. The summed E-state index contributed by atoms with van der Waals surface area (Å²) in [5, 5.41) is 0. The van der Waals surface area contributed by atoms with Crippen molar-refractivity contribution in [2.75, 3.05) is 6.54 Å². The normalized spacial score (nSPS) is 10.9. The van der Waals surface area contributed by atoms with Crippen LogP contribution in [0.2, 0.25) is 0 Å². The zero-order chi connectivity index (χ0) is 9.90. The van der Waals surface area contributed by atoms with Crippen LogP contribution in [0.3, 0.4) is 0 Å². The van der Waals surface area contributed by atoms with E-state index in [0.717, 1.165) is 17.8 Å². The molecule has 1 aromatic heterocycles. The van der Waals surface area contributed by atoms with Crippen LogP contribution < -0.4 is 5.73 Å². The lowest BCUT2D eigenvalue weighted by atomic mass is 9.89. The second-order valence-corrected chi connectivity index (χ2v) is 4.18. The van der Waals surface area contributed by atoms with E-state index >= 15 is 0 Å². The average Bonchev–Trinajstić information content (AvgIpc) is 2.04. The lowest BCUT2D eigenvalue weighted by Crippen LogP contribution is -2.13. The lowest BCUT2D eigenvalue weighted by molar-refractivity contribution is 0.582. The van der Waals surface area contributed by atoms with Crippen LogP contribution in [0.4, 0.5) is 0 Å². The van der Waals surface area contributed by atoms with E-state index in [1.165, 1.54) is 0 Å². The third-order valence-corrected chi connectivity index (χ3v) is 1.94. The molecular formula is C10H18ClN3. The van der Waals surface area contributed by atoms with Gasteiger partial charge in [0.05, 0.1) is 0 Å². The topological polar surface area (TPSA) is 51.8 Å². The van der Waals surface area contributed by atoms with Gasteiger partial charge in [-0.1, -0.05) is 20.8 Å². The van der Waals surface area contributed by atoms with Gasteiger partial charge in [0.2, 0.25) is 0 Å². The number of nitrogens with zero attached hydrogens (tertiary/aromatic N) is 2. The molecular weight excluding hydrogens is 198 g/mol. The molecule has 0 fully saturated rings. The van der Waals surface area contributed by atoms with E-state index in [-0.39, 0.29) is 17.8 Å². The predicted molar refractivity (Wildman–Crippen MR) is 60.7 cm³/mol. The summed E-state index contributed by atoms with van der Waals surface area (Å²) in [7, 11) is 0. The molecule has 14 heavy (non-hydrogen) atoms. The van der Waals surface area contributed by atoms with Crippen molar-refractivity contribution >= 4 is 12.4 Å². The van der Waals surface area contributed by atoms with E-state index in [0.29, 0.717) is 6.54 Å². The lowest BCUT2D eigenvalue weighted by Gasteiger charge is -2.17. The maximum atomic E-state index is 5.40. The number of aromatic nitrogens is 2. The van der Waals surface area contributed by atoms with Gasteiger partial charge in [-0.2, -0.15) is 0 Å². The fourth-order valence-corrected chi connectivity index (χ4v) is 1.00. The van der Waals surface area contributed by atoms with E-state index in [9.17, 15) is 0 Å². The summed E-state index contributed by atoms with van der Waals surface area (Å²) in [5.41, 5.74) is 6.69. The molecule has 0 aromatic carbocycles. The zero-order valence-corrected chi connectivity index (χ0v) is 9.77. The highest BCUT2D eigenvalue weighted by molar-refractivity contribution is 5.85. The Morgan fingerprint density at radius 3 is 2.07 bits per heavy atom. The fourth-order valence-electron chi connectivity index (χ4n) is 1.00. The first kappa shape index (κ1) is 13.3. The van der Waals surface area contributed by atoms with Crippen LogP contribution in [0.5, 0.6) is 0 Å². The smallest absolute Gasteiger partial charge is 0.129 e. The Labute approximate surface area is 91.6 Å². The van der Waals surface area contributed by atoms with Crippen molar-refractivity contribution in [2.45, 2.75) is 32.6 Å². The minimum absolute atomic E-state index is 0. The molecule has 0 spiro atoms. The monoisotopic (exact) mass is 215 g/mol. The van der Waals surface area contributed by atoms with Gasteiger partial charge in [0.15, 0.2) is 0 Å². The molecule has 1 heterocycles. The SMILES string of the molecule is CC(C)(C)c1cnc(CCN)nc1.Cl. The molecule has 0 aliphatic heterocycles. The van der Waals surface area contributed by atoms with Crippen LogP contribution in [0, 0.1) is 0 Å². The molecule has 0 bridgehead atoms. The van der Waals surface area contributed by atoms with Crippen LogP contribution in [-0.2, 0) is 11.8 Å². The van der Waals surface area contributed by atoms with Crippen LogP contribution in [0.15, 0.2) is 12.4 Å². The van der Waals surface area contributed by atoms with Crippen molar-refractivity contribution in [3.8, 4) is 0 Å². The molecule has 0 aliphatic rings. The number of rotatable bonds is 2. The molecule has 3 nitrogen and oxygen atoms in total. The first-order chi connectivity index (χ1) is 6.04. The molecule has 0 saturated heterocycles. The van der Waals surface area contributed by atoms with E-state index in [1.807, 2.05) is 12.4 Å². The highest BCUT2D eigenvalue weighted by Crippen LogP contribution is 2.19. The molecule has 1 rings (SSSR count). The fraction of sp³-hybridized carbons (Fsp3) is 0.600. The third-order valence-electron chi connectivity index (χ3n) is 1.94. The molecule has 0 aliphatic carbocycles. The van der Waals surface area contributed by atoms with Gasteiger partial charge >= 0.3 is 0 Å². The Morgan fingerprint density at radius 1 is 1.21 bits per heavy atom. The van der Waals surface area contributed by atoms with Crippen molar-refractivity contribution in [3.63, 3.8) is 0 Å². The van der Waals surface area contributed by atoms with Crippen molar-refractivity contribution in [1.82, 2.24) is 9.97 Å². The van der Waals surface area contributed by atoms with Gasteiger partial charge in [0.1, 0.15) is 5.82 Å². The van der Waals surface area contributed by atoms with E-state index in [1.54, 1.807) is 0 Å². The van der Waals surface area contributed by atoms with Gasteiger partial charge in [-0.05, 0) is 17.5 Å². The van der Waals surface area contributed by atoms with Gasteiger partial charge in [-0.3, -0.25) is 0 Å². The van der Waals surface area contributed by atoms with Crippen molar-refractivity contribution < 1.29 is 0 Å². The van der Waals surface area contributed by atoms with Gasteiger partial charge in [0, 0.05) is 18.8 Å².